The van der Waals surface area contributed by atoms with Gasteiger partial charge in [0.15, 0.2) is 0 Å². The Morgan fingerprint density at radius 1 is 0.878 bits per heavy atom. The lowest BCUT2D eigenvalue weighted by Crippen LogP contribution is -2.28. The van der Waals surface area contributed by atoms with Crippen LogP contribution in [0, 0.1) is 6.92 Å². The fourth-order valence-electron chi connectivity index (χ4n) is 4.84. The molecule has 2 heterocycles. The molecule has 6 aromatic rings. The van der Waals surface area contributed by atoms with E-state index in [9.17, 15) is 9.59 Å². The molecule has 8 nitrogen and oxygen atoms in total. The SMILES string of the molecule is CCOC(=O)c1cc2cc(OCc3ccccc3)ccc2n(Cc2ccc3ccc(-c4noc(C)n4)cc3c2)c1=O. The van der Waals surface area contributed by atoms with Crippen LogP contribution in [0.5, 0.6) is 5.75 Å². The molecule has 0 atom stereocenters. The van der Waals surface area contributed by atoms with Crippen LogP contribution < -0.4 is 10.3 Å². The first kappa shape index (κ1) is 26.0. The number of hydrogen-bond donors (Lipinski definition) is 0. The molecule has 0 aliphatic rings. The van der Waals surface area contributed by atoms with E-state index in [1.807, 2.05) is 84.9 Å². The van der Waals surface area contributed by atoms with Crippen molar-refractivity contribution >= 4 is 27.6 Å². The molecule has 8 heteroatoms. The summed E-state index contributed by atoms with van der Waals surface area (Å²) in [5, 5.41) is 6.73. The molecular formula is C33H27N3O5. The highest BCUT2D eigenvalue weighted by Gasteiger charge is 2.18. The maximum Gasteiger partial charge on any atom is 0.343 e. The minimum Gasteiger partial charge on any atom is -0.489 e. The third kappa shape index (κ3) is 5.45. The number of pyridine rings is 1. The molecule has 0 saturated carbocycles. The molecule has 6 rings (SSSR count). The van der Waals surface area contributed by atoms with Crippen molar-refractivity contribution in [3.05, 3.63) is 124 Å². The predicted octanol–water partition coefficient (Wildman–Crippen LogP) is 6.32. The van der Waals surface area contributed by atoms with Gasteiger partial charge in [0.25, 0.3) is 5.56 Å². The monoisotopic (exact) mass is 545 g/mol. The zero-order valence-corrected chi connectivity index (χ0v) is 22.7. The standard InChI is InChI=1S/C33H27N3O5/c1-3-39-33(38)29-18-27-17-28(40-20-22-7-5-4-6-8-22)13-14-30(27)36(32(29)37)19-23-9-10-24-11-12-25(16-26(24)15-23)31-34-21(2)41-35-31/h4-18H,3,19-20H2,1-2H3. The zero-order chi connectivity index (χ0) is 28.3. The molecule has 0 N–H and O–H groups in total. The summed E-state index contributed by atoms with van der Waals surface area (Å²) in [5.41, 5.74) is 3.03. The number of benzene rings is 4. The Kier molecular flexibility index (Phi) is 7.04. The highest BCUT2D eigenvalue weighted by Crippen LogP contribution is 2.26. The van der Waals surface area contributed by atoms with Gasteiger partial charge < -0.3 is 18.6 Å². The van der Waals surface area contributed by atoms with Gasteiger partial charge in [0, 0.05) is 17.9 Å². The third-order valence-electron chi connectivity index (χ3n) is 6.84. The summed E-state index contributed by atoms with van der Waals surface area (Å²) in [6.07, 6.45) is 0. The number of rotatable bonds is 8. The summed E-state index contributed by atoms with van der Waals surface area (Å²) in [5.74, 6) is 0.998. The minimum absolute atomic E-state index is 0.0184. The molecule has 0 amide bonds. The van der Waals surface area contributed by atoms with Crippen molar-refractivity contribution in [1.29, 1.82) is 0 Å². The molecule has 0 saturated heterocycles. The Hall–Kier alpha value is -5.24. The normalized spacial score (nSPS) is 11.2. The van der Waals surface area contributed by atoms with Gasteiger partial charge in [-0.15, -0.1) is 0 Å². The fraction of sp³-hybridized carbons (Fsp3) is 0.152. The molecule has 2 aromatic heterocycles. The van der Waals surface area contributed by atoms with Crippen LogP contribution in [0.15, 0.2) is 100 Å². The quantitative estimate of drug-likeness (QED) is 0.207. The summed E-state index contributed by atoms with van der Waals surface area (Å²) < 4.78 is 18.0. The van der Waals surface area contributed by atoms with E-state index in [-0.39, 0.29) is 18.7 Å². The van der Waals surface area contributed by atoms with E-state index < -0.39 is 11.5 Å². The number of esters is 1. The van der Waals surface area contributed by atoms with Crippen molar-refractivity contribution in [2.45, 2.75) is 27.0 Å². The largest absolute Gasteiger partial charge is 0.489 e. The van der Waals surface area contributed by atoms with Gasteiger partial charge in [-0.3, -0.25) is 4.79 Å². The molecule has 0 spiro atoms. The van der Waals surface area contributed by atoms with Crippen LogP contribution >= 0.6 is 0 Å². The Morgan fingerprint density at radius 3 is 2.49 bits per heavy atom. The maximum atomic E-state index is 13.6. The van der Waals surface area contributed by atoms with E-state index in [1.165, 1.54) is 0 Å². The van der Waals surface area contributed by atoms with Crippen molar-refractivity contribution < 1.29 is 18.8 Å². The van der Waals surface area contributed by atoms with E-state index in [4.69, 9.17) is 14.0 Å². The molecule has 41 heavy (non-hydrogen) atoms. The van der Waals surface area contributed by atoms with Crippen LogP contribution in [0.25, 0.3) is 33.1 Å². The molecular weight excluding hydrogens is 518 g/mol. The lowest BCUT2D eigenvalue weighted by atomic mass is 10.0. The average Bonchev–Trinajstić information content (AvgIpc) is 3.43. The third-order valence-corrected chi connectivity index (χ3v) is 6.84. The van der Waals surface area contributed by atoms with Crippen molar-refractivity contribution in [1.82, 2.24) is 14.7 Å². The van der Waals surface area contributed by atoms with Crippen molar-refractivity contribution in [2.24, 2.45) is 0 Å². The van der Waals surface area contributed by atoms with Gasteiger partial charge in [-0.05, 0) is 65.2 Å². The Balaban J connectivity index is 1.39. The molecule has 0 aliphatic heterocycles. The van der Waals surface area contributed by atoms with Crippen LogP contribution in [0.4, 0.5) is 0 Å². The summed E-state index contributed by atoms with van der Waals surface area (Å²) in [7, 11) is 0. The van der Waals surface area contributed by atoms with E-state index in [1.54, 1.807) is 24.5 Å². The van der Waals surface area contributed by atoms with E-state index in [0.29, 0.717) is 35.0 Å². The van der Waals surface area contributed by atoms with E-state index in [0.717, 1.165) is 27.5 Å². The second kappa shape index (κ2) is 11.1. The van der Waals surface area contributed by atoms with Crippen molar-refractivity contribution in [3.63, 3.8) is 0 Å². The number of aromatic nitrogens is 3. The molecule has 0 fully saturated rings. The molecule has 4 aromatic carbocycles. The number of nitrogens with zero attached hydrogens (tertiary/aromatic N) is 3. The molecule has 0 unspecified atom stereocenters. The number of aryl methyl sites for hydroxylation is 1. The zero-order valence-electron chi connectivity index (χ0n) is 22.7. The van der Waals surface area contributed by atoms with Gasteiger partial charge in [0.1, 0.15) is 17.9 Å². The summed E-state index contributed by atoms with van der Waals surface area (Å²) in [6, 6.07) is 28.9. The van der Waals surface area contributed by atoms with Gasteiger partial charge in [-0.1, -0.05) is 59.8 Å². The Morgan fingerprint density at radius 2 is 1.71 bits per heavy atom. The minimum atomic E-state index is -0.651. The summed E-state index contributed by atoms with van der Waals surface area (Å²) in [6.45, 7) is 4.30. The van der Waals surface area contributed by atoms with E-state index >= 15 is 0 Å². The van der Waals surface area contributed by atoms with Gasteiger partial charge in [0.05, 0.1) is 18.7 Å². The maximum absolute atomic E-state index is 13.6. The van der Waals surface area contributed by atoms with E-state index in [2.05, 4.69) is 10.1 Å². The fourth-order valence-corrected chi connectivity index (χ4v) is 4.84. The van der Waals surface area contributed by atoms with Crippen LogP contribution in [-0.4, -0.2) is 27.3 Å². The second-order valence-electron chi connectivity index (χ2n) is 9.70. The smallest absolute Gasteiger partial charge is 0.343 e. The van der Waals surface area contributed by atoms with Crippen LogP contribution in [0.2, 0.25) is 0 Å². The summed E-state index contributed by atoms with van der Waals surface area (Å²) >= 11 is 0. The van der Waals surface area contributed by atoms with Gasteiger partial charge in [-0.25, -0.2) is 4.79 Å². The van der Waals surface area contributed by atoms with Crippen molar-refractivity contribution in [2.75, 3.05) is 6.61 Å². The predicted molar refractivity (Wildman–Crippen MR) is 156 cm³/mol. The second-order valence-corrected chi connectivity index (χ2v) is 9.70. The number of fused-ring (bicyclic) bond motifs is 2. The van der Waals surface area contributed by atoms with Crippen LogP contribution in [0.1, 0.15) is 34.3 Å². The number of carbonyl (C=O) groups is 1. The Labute approximate surface area is 235 Å². The molecule has 0 bridgehead atoms. The highest BCUT2D eigenvalue weighted by molar-refractivity contribution is 5.94. The number of ether oxygens (including phenoxy) is 2. The average molecular weight is 546 g/mol. The van der Waals surface area contributed by atoms with Crippen LogP contribution in [-0.2, 0) is 17.9 Å². The number of hydrogen-bond acceptors (Lipinski definition) is 7. The first-order valence-electron chi connectivity index (χ1n) is 13.3. The Bertz CT molecular complexity index is 1940. The lowest BCUT2D eigenvalue weighted by molar-refractivity contribution is 0.0524. The summed E-state index contributed by atoms with van der Waals surface area (Å²) in [4.78, 5) is 30.7. The lowest BCUT2D eigenvalue weighted by Gasteiger charge is -2.15. The molecule has 204 valence electrons. The highest BCUT2D eigenvalue weighted by atomic mass is 16.5. The first-order chi connectivity index (χ1) is 20.0. The van der Waals surface area contributed by atoms with Gasteiger partial charge >= 0.3 is 5.97 Å². The number of carbonyl (C=O) groups excluding carboxylic acids is 1. The molecule has 0 aliphatic carbocycles. The van der Waals surface area contributed by atoms with Crippen LogP contribution in [0.3, 0.4) is 0 Å². The van der Waals surface area contributed by atoms with Crippen molar-refractivity contribution in [3.8, 4) is 17.1 Å². The first-order valence-corrected chi connectivity index (χ1v) is 13.3. The van der Waals surface area contributed by atoms with Gasteiger partial charge in [0.2, 0.25) is 11.7 Å². The molecule has 0 radical (unpaired) electrons. The topological polar surface area (TPSA) is 96.5 Å². The van der Waals surface area contributed by atoms with Gasteiger partial charge in [-0.2, -0.15) is 4.98 Å².